The molecule has 2 aromatic rings. The number of carbonyl (C=O) groups is 1. The molecule has 1 unspecified atom stereocenters. The van der Waals surface area contributed by atoms with E-state index in [9.17, 15) is 4.79 Å². The van der Waals surface area contributed by atoms with Crippen molar-refractivity contribution in [3.8, 4) is 5.75 Å². The number of hydrogen-bond donors (Lipinski definition) is 2. The lowest BCUT2D eigenvalue weighted by molar-refractivity contribution is 0.103. The number of carbonyl (C=O) groups excluding carboxylic acids is 1. The number of benzene rings is 2. The third-order valence-corrected chi connectivity index (χ3v) is 4.29. The summed E-state index contributed by atoms with van der Waals surface area (Å²) in [4.78, 5) is 12.7. The lowest BCUT2D eigenvalue weighted by Gasteiger charge is -2.15. The van der Waals surface area contributed by atoms with E-state index in [2.05, 4.69) is 0 Å². The molecule has 5 heteroatoms. The first-order chi connectivity index (χ1) is 12.1. The number of Topliss-reactive ketones (excluding diaryl/α,β-unsaturated/α-hetero) is 1. The number of fused-ring (bicyclic) bond motifs is 1. The first kappa shape index (κ1) is 17.2. The molecular weight excluding hydrogens is 316 g/mol. The standard InChI is InChI=1S/C20H22N2O3/c1-24-10-5-11-25-14-7-4-6-13(12-14)18(21)17-19(22)15-8-2-3-9-16(15)20(17)23/h2-4,6-9,12,18H,5,10-11,21-22H2,1H3. The predicted molar refractivity (Wildman–Crippen MR) is 97.2 cm³/mol. The van der Waals surface area contributed by atoms with Gasteiger partial charge >= 0.3 is 0 Å². The fourth-order valence-corrected chi connectivity index (χ4v) is 2.99. The number of rotatable bonds is 7. The van der Waals surface area contributed by atoms with E-state index in [0.29, 0.717) is 35.8 Å². The monoisotopic (exact) mass is 338 g/mol. The molecule has 1 atom stereocenters. The highest BCUT2D eigenvalue weighted by Gasteiger charge is 2.32. The van der Waals surface area contributed by atoms with Crippen molar-refractivity contribution in [3.05, 3.63) is 70.8 Å². The van der Waals surface area contributed by atoms with Gasteiger partial charge in [-0.05, 0) is 17.7 Å². The largest absolute Gasteiger partial charge is 0.493 e. The highest BCUT2D eigenvalue weighted by molar-refractivity contribution is 6.20. The summed E-state index contributed by atoms with van der Waals surface area (Å²) in [6.07, 6.45) is 0.804. The maximum Gasteiger partial charge on any atom is 0.193 e. The van der Waals surface area contributed by atoms with Gasteiger partial charge in [-0.3, -0.25) is 4.79 Å². The molecule has 0 radical (unpaired) electrons. The van der Waals surface area contributed by atoms with Crippen molar-refractivity contribution >= 4 is 11.5 Å². The van der Waals surface area contributed by atoms with Gasteiger partial charge in [0.15, 0.2) is 5.78 Å². The van der Waals surface area contributed by atoms with E-state index in [-0.39, 0.29) is 5.78 Å². The zero-order valence-electron chi connectivity index (χ0n) is 14.2. The molecule has 1 aliphatic rings. The smallest absolute Gasteiger partial charge is 0.193 e. The summed E-state index contributed by atoms with van der Waals surface area (Å²) in [6.45, 7) is 1.21. The van der Waals surface area contributed by atoms with Crippen molar-refractivity contribution in [3.63, 3.8) is 0 Å². The first-order valence-electron chi connectivity index (χ1n) is 8.24. The Morgan fingerprint density at radius 1 is 1.04 bits per heavy atom. The predicted octanol–water partition coefficient (Wildman–Crippen LogP) is 2.67. The van der Waals surface area contributed by atoms with Crippen molar-refractivity contribution in [2.24, 2.45) is 11.5 Å². The van der Waals surface area contributed by atoms with E-state index in [1.165, 1.54) is 0 Å². The second kappa shape index (κ2) is 7.51. The number of ether oxygens (including phenoxy) is 2. The summed E-state index contributed by atoms with van der Waals surface area (Å²) in [5.74, 6) is 0.609. The van der Waals surface area contributed by atoms with Crippen LogP contribution >= 0.6 is 0 Å². The zero-order valence-corrected chi connectivity index (χ0v) is 14.2. The average molecular weight is 338 g/mol. The molecule has 2 aromatic carbocycles. The molecule has 0 fully saturated rings. The van der Waals surface area contributed by atoms with Gasteiger partial charge in [-0.2, -0.15) is 0 Å². The molecule has 0 amide bonds. The number of ketones is 1. The van der Waals surface area contributed by atoms with Gasteiger partial charge in [-0.1, -0.05) is 36.4 Å². The lowest BCUT2D eigenvalue weighted by Crippen LogP contribution is -2.19. The van der Waals surface area contributed by atoms with Crippen molar-refractivity contribution in [2.75, 3.05) is 20.3 Å². The van der Waals surface area contributed by atoms with Crippen LogP contribution in [0.15, 0.2) is 54.1 Å². The van der Waals surface area contributed by atoms with Crippen LogP contribution in [-0.2, 0) is 4.74 Å². The van der Waals surface area contributed by atoms with Crippen LogP contribution < -0.4 is 16.2 Å². The molecule has 3 rings (SSSR count). The Morgan fingerprint density at radius 2 is 1.80 bits per heavy atom. The van der Waals surface area contributed by atoms with Gasteiger partial charge in [0, 0.05) is 42.5 Å². The van der Waals surface area contributed by atoms with Crippen LogP contribution in [0.5, 0.6) is 5.75 Å². The van der Waals surface area contributed by atoms with Gasteiger partial charge in [-0.25, -0.2) is 0 Å². The molecular formula is C20H22N2O3. The van der Waals surface area contributed by atoms with Gasteiger partial charge in [-0.15, -0.1) is 0 Å². The Hall–Kier alpha value is -2.63. The van der Waals surface area contributed by atoms with Crippen LogP contribution in [0.1, 0.15) is 33.9 Å². The Labute approximate surface area is 147 Å². The van der Waals surface area contributed by atoms with Crippen LogP contribution in [-0.4, -0.2) is 26.1 Å². The number of methoxy groups -OCH3 is 1. The van der Waals surface area contributed by atoms with E-state index < -0.39 is 6.04 Å². The molecule has 0 spiro atoms. The average Bonchev–Trinajstić information content (AvgIpc) is 2.90. The van der Waals surface area contributed by atoms with Gasteiger partial charge < -0.3 is 20.9 Å². The topological polar surface area (TPSA) is 87.6 Å². The summed E-state index contributed by atoms with van der Waals surface area (Å²) in [5.41, 5.74) is 15.6. The fraction of sp³-hybridized carbons (Fsp3) is 0.250. The third-order valence-electron chi connectivity index (χ3n) is 4.29. The minimum absolute atomic E-state index is 0.105. The molecule has 0 aliphatic heterocycles. The van der Waals surface area contributed by atoms with Crippen LogP contribution in [0.3, 0.4) is 0 Å². The Bertz CT molecular complexity index is 814. The van der Waals surface area contributed by atoms with E-state index in [1.54, 1.807) is 13.2 Å². The molecule has 130 valence electrons. The molecule has 25 heavy (non-hydrogen) atoms. The summed E-state index contributed by atoms with van der Waals surface area (Å²) < 4.78 is 10.7. The third kappa shape index (κ3) is 3.43. The summed E-state index contributed by atoms with van der Waals surface area (Å²) >= 11 is 0. The van der Waals surface area contributed by atoms with Crippen LogP contribution in [0.2, 0.25) is 0 Å². The SMILES string of the molecule is COCCCOc1cccc(C(N)C2=C(N)c3ccccc3C2=O)c1. The first-order valence-corrected chi connectivity index (χ1v) is 8.24. The van der Waals surface area contributed by atoms with Crippen molar-refractivity contribution < 1.29 is 14.3 Å². The van der Waals surface area contributed by atoms with Crippen molar-refractivity contribution in [2.45, 2.75) is 12.5 Å². The molecule has 0 aromatic heterocycles. The van der Waals surface area contributed by atoms with Gasteiger partial charge in [0.2, 0.25) is 0 Å². The van der Waals surface area contributed by atoms with Crippen molar-refractivity contribution in [1.29, 1.82) is 0 Å². The maximum absolute atomic E-state index is 12.7. The van der Waals surface area contributed by atoms with Crippen LogP contribution in [0, 0.1) is 0 Å². The van der Waals surface area contributed by atoms with Gasteiger partial charge in [0.1, 0.15) is 5.75 Å². The normalized spacial score (nSPS) is 14.6. The number of hydrogen-bond acceptors (Lipinski definition) is 5. The highest BCUT2D eigenvalue weighted by Crippen LogP contribution is 2.36. The van der Waals surface area contributed by atoms with E-state index in [0.717, 1.165) is 17.5 Å². The molecule has 0 heterocycles. The summed E-state index contributed by atoms with van der Waals surface area (Å²) in [5, 5.41) is 0. The second-order valence-corrected chi connectivity index (χ2v) is 5.95. The Balaban J connectivity index is 1.81. The van der Waals surface area contributed by atoms with E-state index >= 15 is 0 Å². The second-order valence-electron chi connectivity index (χ2n) is 5.95. The fourth-order valence-electron chi connectivity index (χ4n) is 2.99. The van der Waals surface area contributed by atoms with Crippen LogP contribution in [0.4, 0.5) is 0 Å². The quantitative estimate of drug-likeness (QED) is 0.758. The van der Waals surface area contributed by atoms with E-state index in [1.807, 2.05) is 42.5 Å². The van der Waals surface area contributed by atoms with Crippen LogP contribution in [0.25, 0.3) is 5.70 Å². The molecule has 1 aliphatic carbocycles. The van der Waals surface area contributed by atoms with Crippen molar-refractivity contribution in [1.82, 2.24) is 0 Å². The summed E-state index contributed by atoms with van der Waals surface area (Å²) in [6, 6.07) is 14.2. The lowest BCUT2D eigenvalue weighted by atomic mass is 9.96. The molecule has 0 saturated carbocycles. The van der Waals surface area contributed by atoms with Gasteiger partial charge in [0.25, 0.3) is 0 Å². The van der Waals surface area contributed by atoms with Gasteiger partial charge in [0.05, 0.1) is 12.6 Å². The molecule has 4 N–H and O–H groups in total. The minimum Gasteiger partial charge on any atom is -0.493 e. The molecule has 5 nitrogen and oxygen atoms in total. The Morgan fingerprint density at radius 3 is 2.52 bits per heavy atom. The Kier molecular flexibility index (Phi) is 5.16. The summed E-state index contributed by atoms with van der Waals surface area (Å²) in [7, 11) is 1.66. The zero-order chi connectivity index (χ0) is 17.8. The molecule has 0 bridgehead atoms. The minimum atomic E-state index is -0.595. The van der Waals surface area contributed by atoms with E-state index in [4.69, 9.17) is 20.9 Å². The number of nitrogens with two attached hydrogens (primary N) is 2. The highest BCUT2D eigenvalue weighted by atomic mass is 16.5. The maximum atomic E-state index is 12.7. The molecule has 0 saturated heterocycles.